The lowest BCUT2D eigenvalue weighted by Crippen LogP contribution is -2.18. The molecule has 136 valence electrons. The predicted octanol–water partition coefficient (Wildman–Crippen LogP) is 2.91. The number of benzene rings is 2. The number of aromatic nitrogens is 2. The lowest BCUT2D eigenvalue weighted by molar-refractivity contribution is 0.0686. The largest absolute Gasteiger partial charge is 0.476 e. The first kappa shape index (κ1) is 18.1. The van der Waals surface area contributed by atoms with E-state index in [1.165, 1.54) is 19.3 Å². The van der Waals surface area contributed by atoms with Crippen LogP contribution in [0.25, 0.3) is 0 Å². The van der Waals surface area contributed by atoms with Crippen molar-refractivity contribution in [2.45, 2.75) is 6.92 Å². The third-order valence-electron chi connectivity index (χ3n) is 4.12. The van der Waals surface area contributed by atoms with Gasteiger partial charge in [-0.2, -0.15) is 5.10 Å². The van der Waals surface area contributed by atoms with Crippen molar-refractivity contribution in [2.24, 2.45) is 7.05 Å². The Kier molecular flexibility index (Phi) is 4.85. The minimum Gasteiger partial charge on any atom is -0.476 e. The van der Waals surface area contributed by atoms with Gasteiger partial charge < -0.3 is 10.4 Å². The summed E-state index contributed by atoms with van der Waals surface area (Å²) in [6, 6.07) is 13.5. The number of carbonyl (C=O) groups excluding carboxylic acids is 2. The van der Waals surface area contributed by atoms with Crippen LogP contribution in [0.2, 0.25) is 0 Å². The van der Waals surface area contributed by atoms with Gasteiger partial charge >= 0.3 is 5.97 Å². The molecular formula is C20H17N3O4. The molecule has 7 heteroatoms. The molecular weight excluding hydrogens is 346 g/mol. The Morgan fingerprint density at radius 2 is 1.63 bits per heavy atom. The molecule has 2 N–H and O–H groups in total. The lowest BCUT2D eigenvalue weighted by Gasteiger charge is -2.10. The van der Waals surface area contributed by atoms with Gasteiger partial charge in [0.1, 0.15) is 0 Å². The van der Waals surface area contributed by atoms with Crippen molar-refractivity contribution < 1.29 is 19.5 Å². The number of nitrogens with zero attached hydrogens (tertiary/aromatic N) is 2. The lowest BCUT2D eigenvalue weighted by atomic mass is 9.97. The Hall–Kier alpha value is -3.74. The van der Waals surface area contributed by atoms with Crippen molar-refractivity contribution in [3.8, 4) is 0 Å². The quantitative estimate of drug-likeness (QED) is 0.679. The Bertz CT molecular complexity index is 1040. The highest BCUT2D eigenvalue weighted by molar-refractivity contribution is 6.18. The number of nitrogens with one attached hydrogen (secondary N) is 1. The van der Waals surface area contributed by atoms with Gasteiger partial charge in [0, 0.05) is 18.2 Å². The van der Waals surface area contributed by atoms with Crippen LogP contribution in [0.15, 0.2) is 54.7 Å². The van der Waals surface area contributed by atoms with Gasteiger partial charge in [-0.3, -0.25) is 14.3 Å². The fourth-order valence-electron chi connectivity index (χ4n) is 2.71. The number of amides is 1. The summed E-state index contributed by atoms with van der Waals surface area (Å²) in [5.41, 5.74) is 1.80. The molecule has 0 aliphatic carbocycles. The molecule has 1 heterocycles. The first-order valence-electron chi connectivity index (χ1n) is 8.15. The Morgan fingerprint density at radius 3 is 2.26 bits per heavy atom. The average Bonchev–Trinajstić information content (AvgIpc) is 3.02. The van der Waals surface area contributed by atoms with E-state index in [4.69, 9.17) is 0 Å². The zero-order chi connectivity index (χ0) is 19.6. The number of anilines is 1. The Balaban J connectivity index is 1.94. The fourth-order valence-corrected chi connectivity index (χ4v) is 2.71. The Morgan fingerprint density at radius 1 is 1.00 bits per heavy atom. The number of rotatable bonds is 5. The first-order chi connectivity index (χ1) is 12.9. The zero-order valence-electron chi connectivity index (χ0n) is 14.8. The minimum absolute atomic E-state index is 0.0626. The smallest absolute Gasteiger partial charge is 0.356 e. The zero-order valence-corrected chi connectivity index (χ0v) is 14.8. The maximum atomic E-state index is 12.8. The third kappa shape index (κ3) is 3.62. The molecule has 3 rings (SSSR count). The maximum absolute atomic E-state index is 12.8. The molecule has 1 aromatic heterocycles. The standard InChI is InChI=1S/C20H17N3O4/c1-12-7-9-13(10-8-12)18(24)14-5-3-4-6-15(14)19(25)22-16-11-21-23(2)17(16)20(26)27/h3-11H,1-2H3,(H,22,25)(H,26,27). The van der Waals surface area contributed by atoms with Gasteiger partial charge in [-0.05, 0) is 13.0 Å². The Labute approximate surface area is 155 Å². The second-order valence-electron chi connectivity index (χ2n) is 6.03. The number of aromatic carboxylic acids is 1. The van der Waals surface area contributed by atoms with E-state index in [2.05, 4.69) is 10.4 Å². The summed E-state index contributed by atoms with van der Waals surface area (Å²) in [6.45, 7) is 1.92. The fraction of sp³-hybridized carbons (Fsp3) is 0.100. The highest BCUT2D eigenvalue weighted by atomic mass is 16.4. The van der Waals surface area contributed by atoms with E-state index in [1.54, 1.807) is 30.3 Å². The topological polar surface area (TPSA) is 101 Å². The number of carbonyl (C=O) groups is 3. The average molecular weight is 363 g/mol. The summed E-state index contributed by atoms with van der Waals surface area (Å²) in [5.74, 6) is -2.08. The van der Waals surface area contributed by atoms with Crippen molar-refractivity contribution in [3.05, 3.63) is 82.7 Å². The van der Waals surface area contributed by atoms with Crippen LogP contribution in [0.4, 0.5) is 5.69 Å². The van der Waals surface area contributed by atoms with Crippen molar-refractivity contribution >= 4 is 23.3 Å². The van der Waals surface area contributed by atoms with Crippen LogP contribution in [0.3, 0.4) is 0 Å². The molecule has 2 aromatic carbocycles. The van der Waals surface area contributed by atoms with Crippen LogP contribution in [0.5, 0.6) is 0 Å². The van der Waals surface area contributed by atoms with Gasteiger partial charge in [-0.25, -0.2) is 4.79 Å². The summed E-state index contributed by atoms with van der Waals surface area (Å²) in [6.07, 6.45) is 1.26. The van der Waals surface area contributed by atoms with Crippen LogP contribution in [-0.4, -0.2) is 32.5 Å². The summed E-state index contributed by atoms with van der Waals surface area (Å²) >= 11 is 0. The maximum Gasteiger partial charge on any atom is 0.356 e. The highest BCUT2D eigenvalue weighted by Crippen LogP contribution is 2.19. The van der Waals surface area contributed by atoms with E-state index in [-0.39, 0.29) is 28.3 Å². The van der Waals surface area contributed by atoms with Crippen LogP contribution in [-0.2, 0) is 7.05 Å². The van der Waals surface area contributed by atoms with Gasteiger partial charge in [0.05, 0.1) is 17.4 Å². The van der Waals surface area contributed by atoms with E-state index in [1.807, 2.05) is 19.1 Å². The summed E-state index contributed by atoms with van der Waals surface area (Å²) < 4.78 is 1.15. The van der Waals surface area contributed by atoms with Crippen LogP contribution in [0, 0.1) is 6.92 Å². The van der Waals surface area contributed by atoms with E-state index in [0.717, 1.165) is 10.2 Å². The number of carboxylic acid groups (broad SMARTS) is 1. The van der Waals surface area contributed by atoms with Gasteiger partial charge in [0.15, 0.2) is 11.5 Å². The molecule has 0 aliphatic heterocycles. The van der Waals surface area contributed by atoms with Gasteiger partial charge in [-0.15, -0.1) is 0 Å². The molecule has 0 radical (unpaired) electrons. The van der Waals surface area contributed by atoms with Gasteiger partial charge in [0.25, 0.3) is 5.91 Å². The van der Waals surface area contributed by atoms with Crippen LogP contribution < -0.4 is 5.32 Å². The molecule has 0 aliphatic rings. The number of hydrogen-bond donors (Lipinski definition) is 2. The molecule has 0 atom stereocenters. The van der Waals surface area contributed by atoms with Crippen LogP contribution >= 0.6 is 0 Å². The van der Waals surface area contributed by atoms with E-state index < -0.39 is 11.9 Å². The molecule has 7 nitrogen and oxygen atoms in total. The first-order valence-corrected chi connectivity index (χ1v) is 8.15. The monoisotopic (exact) mass is 363 g/mol. The molecule has 0 spiro atoms. The number of hydrogen-bond acceptors (Lipinski definition) is 4. The summed E-state index contributed by atoms with van der Waals surface area (Å²) in [7, 11) is 1.47. The van der Waals surface area contributed by atoms with E-state index in [0.29, 0.717) is 5.56 Å². The van der Waals surface area contributed by atoms with Crippen molar-refractivity contribution in [3.63, 3.8) is 0 Å². The van der Waals surface area contributed by atoms with Crippen LogP contribution in [0.1, 0.15) is 42.3 Å². The van der Waals surface area contributed by atoms with Gasteiger partial charge in [0.2, 0.25) is 0 Å². The summed E-state index contributed by atoms with van der Waals surface area (Å²) in [4.78, 5) is 36.9. The number of ketones is 1. The van der Waals surface area contributed by atoms with Crippen molar-refractivity contribution in [1.82, 2.24) is 9.78 Å². The molecule has 0 saturated heterocycles. The summed E-state index contributed by atoms with van der Waals surface area (Å²) in [5, 5.41) is 15.6. The molecule has 0 fully saturated rings. The number of carboxylic acids is 1. The van der Waals surface area contributed by atoms with Crippen molar-refractivity contribution in [2.75, 3.05) is 5.32 Å². The van der Waals surface area contributed by atoms with Gasteiger partial charge in [-0.1, -0.05) is 48.0 Å². The second kappa shape index (κ2) is 7.25. The molecule has 0 saturated carbocycles. The molecule has 0 bridgehead atoms. The van der Waals surface area contributed by atoms with E-state index >= 15 is 0 Å². The third-order valence-corrected chi connectivity index (χ3v) is 4.12. The molecule has 0 unspecified atom stereocenters. The predicted molar refractivity (Wildman–Crippen MR) is 99.2 cm³/mol. The second-order valence-corrected chi connectivity index (χ2v) is 6.03. The normalized spacial score (nSPS) is 10.4. The molecule has 3 aromatic rings. The number of aryl methyl sites for hydroxylation is 2. The SMILES string of the molecule is Cc1ccc(C(=O)c2ccccc2C(=O)Nc2cnn(C)c2C(=O)O)cc1. The minimum atomic E-state index is -1.21. The van der Waals surface area contributed by atoms with E-state index in [9.17, 15) is 19.5 Å². The highest BCUT2D eigenvalue weighted by Gasteiger charge is 2.22. The molecule has 1 amide bonds. The molecule has 27 heavy (non-hydrogen) atoms. The van der Waals surface area contributed by atoms with Crippen molar-refractivity contribution in [1.29, 1.82) is 0 Å².